The molecule has 0 amide bonds. The molecule has 29 heavy (non-hydrogen) atoms. The van der Waals surface area contributed by atoms with Crippen LogP contribution in [0.1, 0.15) is 63.9 Å². The van der Waals surface area contributed by atoms with Crippen LogP contribution in [0.15, 0.2) is 36.4 Å². The summed E-state index contributed by atoms with van der Waals surface area (Å²) in [6.45, 7) is 4.49. The summed E-state index contributed by atoms with van der Waals surface area (Å²) in [5, 5.41) is 0.781. The lowest BCUT2D eigenvalue weighted by atomic mass is 9.77. The lowest BCUT2D eigenvalue weighted by Crippen LogP contribution is -2.13. The van der Waals surface area contributed by atoms with E-state index < -0.39 is 0 Å². The predicted octanol–water partition coefficient (Wildman–Crippen LogP) is 8.32. The van der Waals surface area contributed by atoms with Gasteiger partial charge in [-0.2, -0.15) is 0 Å². The minimum atomic E-state index is -0.360. The van der Waals surface area contributed by atoms with Gasteiger partial charge in [-0.3, -0.25) is 0 Å². The second-order valence-corrected chi connectivity index (χ2v) is 9.14. The molecule has 0 spiro atoms. The summed E-state index contributed by atoms with van der Waals surface area (Å²) >= 11 is 1.28. The number of hydrogen-bond acceptors (Lipinski definition) is 2. The van der Waals surface area contributed by atoms with Crippen molar-refractivity contribution in [3.8, 4) is 16.2 Å². The van der Waals surface area contributed by atoms with Crippen LogP contribution in [0.2, 0.25) is 0 Å². The molecule has 154 valence electrons. The molecule has 1 aliphatic rings. The fourth-order valence-corrected chi connectivity index (χ4v) is 5.74. The molecular weight excluding hydrogens is 386 g/mol. The molecule has 1 nitrogen and oxygen atoms in total. The van der Waals surface area contributed by atoms with Crippen LogP contribution in [0, 0.1) is 17.6 Å². The van der Waals surface area contributed by atoms with E-state index in [-0.39, 0.29) is 17.4 Å². The largest absolute Gasteiger partial charge is 0.491 e. The van der Waals surface area contributed by atoms with Gasteiger partial charge >= 0.3 is 0 Å². The summed E-state index contributed by atoms with van der Waals surface area (Å²) in [6.07, 6.45) is 7.36. The first-order valence-corrected chi connectivity index (χ1v) is 11.6. The minimum Gasteiger partial charge on any atom is -0.491 e. The van der Waals surface area contributed by atoms with E-state index in [0.29, 0.717) is 22.8 Å². The van der Waals surface area contributed by atoms with Crippen molar-refractivity contribution < 1.29 is 13.5 Å². The van der Waals surface area contributed by atoms with E-state index in [1.807, 2.05) is 25.1 Å². The van der Waals surface area contributed by atoms with Gasteiger partial charge in [0.2, 0.25) is 0 Å². The molecule has 1 heterocycles. The summed E-state index contributed by atoms with van der Waals surface area (Å²) in [7, 11) is 0. The van der Waals surface area contributed by atoms with Crippen LogP contribution in [-0.4, -0.2) is 6.61 Å². The number of ether oxygens (including phenoxy) is 1. The van der Waals surface area contributed by atoms with Gasteiger partial charge < -0.3 is 4.74 Å². The Hall–Kier alpha value is -1.94. The Labute approximate surface area is 175 Å². The highest BCUT2D eigenvalue weighted by molar-refractivity contribution is 7.22. The van der Waals surface area contributed by atoms with Crippen molar-refractivity contribution in [3.05, 3.63) is 53.6 Å². The average molecular weight is 415 g/mol. The standard InChI is InChI=1S/C25H28F2OS/c1-3-5-16-6-8-17(9-7-16)18-10-12-20(21(26)14-18)23-15-19-11-13-22(28-4-2)24(27)25(19)29-23/h10-17H,3-9H2,1-2H3. The Balaban J connectivity index is 1.57. The van der Waals surface area contributed by atoms with Crippen molar-refractivity contribution >= 4 is 21.4 Å². The topological polar surface area (TPSA) is 9.23 Å². The van der Waals surface area contributed by atoms with Gasteiger partial charge in [0, 0.05) is 10.4 Å². The molecule has 0 aliphatic heterocycles. The average Bonchev–Trinajstić information content (AvgIpc) is 3.16. The van der Waals surface area contributed by atoms with E-state index >= 15 is 4.39 Å². The van der Waals surface area contributed by atoms with Gasteiger partial charge in [-0.25, -0.2) is 8.78 Å². The molecule has 1 aromatic heterocycles. The maximum atomic E-state index is 15.0. The van der Waals surface area contributed by atoms with E-state index in [1.54, 1.807) is 12.1 Å². The van der Waals surface area contributed by atoms with Gasteiger partial charge in [-0.15, -0.1) is 11.3 Å². The summed E-state index contributed by atoms with van der Waals surface area (Å²) in [6, 6.07) is 11.0. The summed E-state index contributed by atoms with van der Waals surface area (Å²) in [4.78, 5) is 0.753. The van der Waals surface area contributed by atoms with Gasteiger partial charge in [0.1, 0.15) is 5.82 Å². The molecule has 2 aromatic carbocycles. The van der Waals surface area contributed by atoms with E-state index in [1.165, 1.54) is 37.0 Å². The highest BCUT2D eigenvalue weighted by Gasteiger charge is 2.23. The fraction of sp³-hybridized carbons (Fsp3) is 0.440. The van der Waals surface area contributed by atoms with Crippen molar-refractivity contribution in [2.75, 3.05) is 6.61 Å². The first-order valence-electron chi connectivity index (χ1n) is 10.7. The molecule has 0 radical (unpaired) electrons. The van der Waals surface area contributed by atoms with E-state index in [4.69, 9.17) is 4.74 Å². The third-order valence-electron chi connectivity index (χ3n) is 6.16. The maximum Gasteiger partial charge on any atom is 0.182 e. The maximum absolute atomic E-state index is 15.0. The smallest absolute Gasteiger partial charge is 0.182 e. The summed E-state index contributed by atoms with van der Waals surface area (Å²) in [5.41, 5.74) is 1.65. The molecule has 4 heteroatoms. The third-order valence-corrected chi connectivity index (χ3v) is 7.34. The molecule has 0 unspecified atom stereocenters. The van der Waals surface area contributed by atoms with Crippen LogP contribution in [0.3, 0.4) is 0 Å². The van der Waals surface area contributed by atoms with Gasteiger partial charge in [0.05, 0.1) is 11.3 Å². The SMILES string of the molecule is CCCC1CCC(c2ccc(-c3cc4ccc(OCC)c(F)c4s3)c(F)c2)CC1. The predicted molar refractivity (Wildman–Crippen MR) is 118 cm³/mol. The van der Waals surface area contributed by atoms with E-state index in [2.05, 4.69) is 13.0 Å². The quantitative estimate of drug-likeness (QED) is 0.394. The number of halogens is 2. The van der Waals surface area contributed by atoms with Crippen molar-refractivity contribution in [2.45, 2.75) is 58.3 Å². The first-order chi connectivity index (χ1) is 14.1. The first kappa shape index (κ1) is 20.3. The molecule has 1 aliphatic carbocycles. The third kappa shape index (κ3) is 4.18. The number of rotatable bonds is 6. The second kappa shape index (κ2) is 8.83. The Morgan fingerprint density at radius 3 is 2.48 bits per heavy atom. The van der Waals surface area contributed by atoms with Gasteiger partial charge in [-0.1, -0.05) is 31.9 Å². The molecule has 0 bridgehead atoms. The molecule has 1 saturated carbocycles. The zero-order chi connectivity index (χ0) is 20.4. The number of fused-ring (bicyclic) bond motifs is 1. The zero-order valence-electron chi connectivity index (χ0n) is 17.1. The highest BCUT2D eigenvalue weighted by Crippen LogP contribution is 2.41. The number of hydrogen-bond donors (Lipinski definition) is 0. The van der Waals surface area contributed by atoms with Crippen LogP contribution < -0.4 is 4.74 Å². The Bertz CT molecular complexity index is 986. The van der Waals surface area contributed by atoms with Crippen molar-refractivity contribution in [1.29, 1.82) is 0 Å². The lowest BCUT2D eigenvalue weighted by molar-refractivity contribution is 0.308. The summed E-state index contributed by atoms with van der Waals surface area (Å²) < 4.78 is 35.5. The normalized spacial score (nSPS) is 19.6. The van der Waals surface area contributed by atoms with Crippen LogP contribution in [-0.2, 0) is 0 Å². The van der Waals surface area contributed by atoms with Crippen LogP contribution >= 0.6 is 11.3 Å². The Morgan fingerprint density at radius 2 is 1.79 bits per heavy atom. The minimum absolute atomic E-state index is 0.213. The second-order valence-electron chi connectivity index (χ2n) is 8.09. The van der Waals surface area contributed by atoms with Gasteiger partial charge in [-0.05, 0) is 79.7 Å². The molecular formula is C25H28F2OS. The number of thiophene rings is 1. The molecule has 0 atom stereocenters. The van der Waals surface area contributed by atoms with Crippen molar-refractivity contribution in [3.63, 3.8) is 0 Å². The fourth-order valence-electron chi connectivity index (χ4n) is 4.63. The monoisotopic (exact) mass is 414 g/mol. The van der Waals surface area contributed by atoms with Crippen molar-refractivity contribution in [1.82, 2.24) is 0 Å². The van der Waals surface area contributed by atoms with Crippen LogP contribution in [0.25, 0.3) is 20.5 Å². The number of benzene rings is 2. The molecule has 4 rings (SSSR count). The van der Waals surface area contributed by atoms with Gasteiger partial charge in [0.25, 0.3) is 0 Å². The van der Waals surface area contributed by atoms with E-state index in [0.717, 1.165) is 34.6 Å². The molecule has 1 fully saturated rings. The van der Waals surface area contributed by atoms with Crippen molar-refractivity contribution in [2.24, 2.45) is 5.92 Å². The summed E-state index contributed by atoms with van der Waals surface area (Å²) in [5.74, 6) is 0.982. The lowest BCUT2D eigenvalue weighted by Gasteiger charge is -2.28. The molecule has 0 N–H and O–H groups in total. The van der Waals surface area contributed by atoms with E-state index in [9.17, 15) is 4.39 Å². The Morgan fingerprint density at radius 1 is 1.00 bits per heavy atom. The van der Waals surface area contributed by atoms with Crippen LogP contribution in [0.5, 0.6) is 5.75 Å². The van der Waals surface area contributed by atoms with Crippen LogP contribution in [0.4, 0.5) is 8.78 Å². The Kier molecular flexibility index (Phi) is 6.19. The zero-order valence-corrected chi connectivity index (χ0v) is 18.0. The highest BCUT2D eigenvalue weighted by atomic mass is 32.1. The van der Waals surface area contributed by atoms with Gasteiger partial charge in [0.15, 0.2) is 11.6 Å². The molecule has 3 aromatic rings. The molecule has 0 saturated heterocycles.